The fourth-order valence-electron chi connectivity index (χ4n) is 1.90. The van der Waals surface area contributed by atoms with Gasteiger partial charge in [0.2, 0.25) is 0 Å². The van der Waals surface area contributed by atoms with Gasteiger partial charge in [-0.15, -0.1) is 0 Å². The van der Waals surface area contributed by atoms with Crippen LogP contribution in [0.5, 0.6) is 0 Å². The molecule has 0 spiro atoms. The van der Waals surface area contributed by atoms with Crippen molar-refractivity contribution in [1.29, 1.82) is 0 Å². The number of aliphatic hydroxyl groups excluding tert-OH is 2. The quantitative estimate of drug-likeness (QED) is 0.777. The van der Waals surface area contributed by atoms with E-state index in [2.05, 4.69) is 13.0 Å². The first-order chi connectivity index (χ1) is 7.69. The Morgan fingerprint density at radius 1 is 1.12 bits per heavy atom. The van der Waals surface area contributed by atoms with E-state index in [4.69, 9.17) is 0 Å². The normalized spacial score (nSPS) is 14.8. The van der Waals surface area contributed by atoms with E-state index in [0.29, 0.717) is 6.42 Å². The lowest BCUT2D eigenvalue weighted by Crippen LogP contribution is -2.17. The van der Waals surface area contributed by atoms with Crippen LogP contribution >= 0.6 is 0 Å². The summed E-state index contributed by atoms with van der Waals surface area (Å²) < 4.78 is 0. The standard InChI is InChI=1S/C14H22O2/c1-3-6-11-8-5-9-12(10-11)14(16)13(15)7-4-2/h5,8-10,13-16H,3-4,6-7H2,1-2H3. The molecule has 0 bridgehead atoms. The summed E-state index contributed by atoms with van der Waals surface area (Å²) in [6, 6.07) is 7.88. The molecule has 2 unspecified atom stereocenters. The summed E-state index contributed by atoms with van der Waals surface area (Å²) in [5.74, 6) is 0. The van der Waals surface area contributed by atoms with Crippen LogP contribution in [0.2, 0.25) is 0 Å². The van der Waals surface area contributed by atoms with Gasteiger partial charge >= 0.3 is 0 Å². The Hall–Kier alpha value is -0.860. The number of hydrogen-bond acceptors (Lipinski definition) is 2. The van der Waals surface area contributed by atoms with Gasteiger partial charge < -0.3 is 10.2 Å². The lowest BCUT2D eigenvalue weighted by Gasteiger charge is -2.18. The predicted molar refractivity (Wildman–Crippen MR) is 66.3 cm³/mol. The Morgan fingerprint density at radius 2 is 1.88 bits per heavy atom. The van der Waals surface area contributed by atoms with Crippen LogP contribution in [-0.4, -0.2) is 16.3 Å². The monoisotopic (exact) mass is 222 g/mol. The summed E-state index contributed by atoms with van der Waals surface area (Å²) in [5.41, 5.74) is 2.05. The lowest BCUT2D eigenvalue weighted by atomic mass is 9.98. The van der Waals surface area contributed by atoms with E-state index in [9.17, 15) is 10.2 Å². The minimum Gasteiger partial charge on any atom is -0.390 e. The molecule has 0 aliphatic carbocycles. The third kappa shape index (κ3) is 3.62. The van der Waals surface area contributed by atoms with E-state index in [1.807, 2.05) is 25.1 Å². The summed E-state index contributed by atoms with van der Waals surface area (Å²) in [7, 11) is 0. The van der Waals surface area contributed by atoms with Crippen LogP contribution < -0.4 is 0 Å². The summed E-state index contributed by atoms with van der Waals surface area (Å²) in [6.07, 6.45) is 2.23. The molecular formula is C14H22O2. The molecule has 16 heavy (non-hydrogen) atoms. The van der Waals surface area contributed by atoms with Crippen LogP contribution in [0.25, 0.3) is 0 Å². The van der Waals surface area contributed by atoms with Crippen LogP contribution in [0.15, 0.2) is 24.3 Å². The second-order valence-electron chi connectivity index (χ2n) is 4.30. The number of hydrogen-bond donors (Lipinski definition) is 2. The Balaban J connectivity index is 2.74. The molecule has 0 amide bonds. The van der Waals surface area contributed by atoms with Gasteiger partial charge in [-0.2, -0.15) is 0 Å². The van der Waals surface area contributed by atoms with Crippen LogP contribution in [0.4, 0.5) is 0 Å². The van der Waals surface area contributed by atoms with Gasteiger partial charge in [0.05, 0.1) is 6.10 Å². The topological polar surface area (TPSA) is 40.5 Å². The van der Waals surface area contributed by atoms with E-state index in [0.717, 1.165) is 24.8 Å². The van der Waals surface area contributed by atoms with E-state index >= 15 is 0 Å². The maximum absolute atomic E-state index is 9.96. The van der Waals surface area contributed by atoms with Gasteiger partial charge in [-0.1, -0.05) is 51.0 Å². The first-order valence-corrected chi connectivity index (χ1v) is 6.14. The molecule has 0 aliphatic heterocycles. The number of aliphatic hydroxyl groups is 2. The summed E-state index contributed by atoms with van der Waals surface area (Å²) >= 11 is 0. The maximum Gasteiger partial charge on any atom is 0.105 e. The van der Waals surface area contributed by atoms with E-state index in [-0.39, 0.29) is 0 Å². The molecule has 1 aromatic carbocycles. The van der Waals surface area contributed by atoms with Crippen molar-refractivity contribution in [1.82, 2.24) is 0 Å². The van der Waals surface area contributed by atoms with Crippen molar-refractivity contribution in [3.8, 4) is 0 Å². The zero-order valence-corrected chi connectivity index (χ0v) is 10.2. The molecular weight excluding hydrogens is 200 g/mol. The third-order valence-electron chi connectivity index (χ3n) is 2.78. The molecule has 0 heterocycles. The highest BCUT2D eigenvalue weighted by atomic mass is 16.3. The molecule has 1 aromatic rings. The van der Waals surface area contributed by atoms with Crippen molar-refractivity contribution in [3.63, 3.8) is 0 Å². The molecule has 90 valence electrons. The van der Waals surface area contributed by atoms with Crippen molar-refractivity contribution < 1.29 is 10.2 Å². The molecule has 0 saturated carbocycles. The van der Waals surface area contributed by atoms with Gasteiger partial charge in [-0.25, -0.2) is 0 Å². The molecule has 2 atom stereocenters. The van der Waals surface area contributed by atoms with Crippen LogP contribution in [0.3, 0.4) is 0 Å². The third-order valence-corrected chi connectivity index (χ3v) is 2.78. The molecule has 0 radical (unpaired) electrons. The minimum atomic E-state index is -0.753. The highest BCUT2D eigenvalue weighted by Crippen LogP contribution is 2.21. The predicted octanol–water partition coefficient (Wildman–Crippen LogP) is 2.83. The molecule has 0 saturated heterocycles. The highest BCUT2D eigenvalue weighted by molar-refractivity contribution is 5.25. The zero-order valence-electron chi connectivity index (χ0n) is 10.2. The van der Waals surface area contributed by atoms with E-state index in [1.165, 1.54) is 5.56 Å². The summed E-state index contributed by atoms with van der Waals surface area (Å²) in [5, 5.41) is 19.7. The van der Waals surface area contributed by atoms with Crippen LogP contribution in [0.1, 0.15) is 50.3 Å². The van der Waals surface area contributed by atoms with E-state index < -0.39 is 12.2 Å². The molecule has 2 heteroatoms. The molecule has 2 N–H and O–H groups in total. The van der Waals surface area contributed by atoms with Gasteiger partial charge in [-0.05, 0) is 24.0 Å². The van der Waals surface area contributed by atoms with Gasteiger partial charge in [0.25, 0.3) is 0 Å². The first kappa shape index (κ1) is 13.2. The zero-order chi connectivity index (χ0) is 12.0. The van der Waals surface area contributed by atoms with Crippen molar-refractivity contribution in [2.75, 3.05) is 0 Å². The molecule has 0 aliphatic rings. The second kappa shape index (κ2) is 6.66. The minimum absolute atomic E-state index is 0.638. The van der Waals surface area contributed by atoms with Crippen molar-refractivity contribution in [2.45, 2.75) is 51.7 Å². The summed E-state index contributed by atoms with van der Waals surface area (Å²) in [4.78, 5) is 0. The molecule has 0 aromatic heterocycles. The average molecular weight is 222 g/mol. The fraction of sp³-hybridized carbons (Fsp3) is 0.571. The smallest absolute Gasteiger partial charge is 0.105 e. The Bertz CT molecular complexity index is 309. The van der Waals surface area contributed by atoms with Crippen LogP contribution in [0, 0.1) is 0 Å². The van der Waals surface area contributed by atoms with Gasteiger partial charge in [0.15, 0.2) is 0 Å². The average Bonchev–Trinajstić information content (AvgIpc) is 2.29. The number of benzene rings is 1. The van der Waals surface area contributed by atoms with Crippen molar-refractivity contribution in [3.05, 3.63) is 35.4 Å². The fourth-order valence-corrected chi connectivity index (χ4v) is 1.90. The summed E-state index contributed by atoms with van der Waals surface area (Å²) in [6.45, 7) is 4.14. The molecule has 1 rings (SSSR count). The van der Waals surface area contributed by atoms with Gasteiger partial charge in [-0.3, -0.25) is 0 Å². The highest BCUT2D eigenvalue weighted by Gasteiger charge is 2.17. The van der Waals surface area contributed by atoms with E-state index in [1.54, 1.807) is 0 Å². The van der Waals surface area contributed by atoms with Crippen molar-refractivity contribution >= 4 is 0 Å². The number of aryl methyl sites for hydroxylation is 1. The Kier molecular flexibility index (Phi) is 5.50. The van der Waals surface area contributed by atoms with Crippen molar-refractivity contribution in [2.24, 2.45) is 0 Å². The Labute approximate surface area is 97.9 Å². The maximum atomic E-state index is 9.96. The molecule has 0 fully saturated rings. The second-order valence-corrected chi connectivity index (χ2v) is 4.30. The van der Waals surface area contributed by atoms with Crippen LogP contribution in [-0.2, 0) is 6.42 Å². The SMILES string of the molecule is CCCc1cccc(C(O)C(O)CCC)c1. The molecule has 2 nitrogen and oxygen atoms in total. The lowest BCUT2D eigenvalue weighted by molar-refractivity contribution is 0.0130. The largest absolute Gasteiger partial charge is 0.390 e. The Morgan fingerprint density at radius 3 is 2.50 bits per heavy atom. The first-order valence-electron chi connectivity index (χ1n) is 6.14. The number of rotatable bonds is 6. The van der Waals surface area contributed by atoms with Gasteiger partial charge in [0, 0.05) is 0 Å². The van der Waals surface area contributed by atoms with Gasteiger partial charge in [0.1, 0.15) is 6.10 Å².